The first-order valence-electron chi connectivity index (χ1n) is 7.49. The molecule has 6 heteroatoms. The number of carboxylic acids is 1. The van der Waals surface area contributed by atoms with Crippen molar-refractivity contribution in [2.45, 2.75) is 63.2 Å². The molecule has 0 radical (unpaired) electrons. The summed E-state index contributed by atoms with van der Waals surface area (Å²) < 4.78 is 5.67. The Morgan fingerprint density at radius 2 is 2.05 bits per heavy atom. The van der Waals surface area contributed by atoms with E-state index in [1.54, 1.807) is 0 Å². The summed E-state index contributed by atoms with van der Waals surface area (Å²) in [5, 5.41) is 8.81. The topological polar surface area (TPSA) is 92.9 Å². The van der Waals surface area contributed by atoms with E-state index >= 15 is 0 Å². The van der Waals surface area contributed by atoms with E-state index in [2.05, 4.69) is 0 Å². The minimum atomic E-state index is -0.803. The third-order valence-electron chi connectivity index (χ3n) is 4.25. The van der Waals surface area contributed by atoms with E-state index in [0.29, 0.717) is 13.0 Å². The Balaban J connectivity index is 1.93. The number of nitrogens with zero attached hydrogens (tertiary/aromatic N) is 1. The van der Waals surface area contributed by atoms with Crippen LogP contribution in [0.5, 0.6) is 0 Å². The smallest absolute Gasteiger partial charge is 0.303 e. The third-order valence-corrected chi connectivity index (χ3v) is 4.25. The van der Waals surface area contributed by atoms with E-state index in [1.165, 1.54) is 0 Å². The standard InChI is InChI=1S/C14H24N2O4/c15-9-11-5-6-12(20-11)14(19)16-8-2-1-3-10(16)4-7-13(17)18/h10-12H,1-9,15H2,(H,17,18). The van der Waals surface area contributed by atoms with Gasteiger partial charge in [-0.2, -0.15) is 0 Å². The van der Waals surface area contributed by atoms with Crippen LogP contribution in [0.4, 0.5) is 0 Å². The van der Waals surface area contributed by atoms with E-state index in [1.807, 2.05) is 4.90 Å². The summed E-state index contributed by atoms with van der Waals surface area (Å²) >= 11 is 0. The Morgan fingerprint density at radius 3 is 2.70 bits per heavy atom. The number of rotatable bonds is 5. The van der Waals surface area contributed by atoms with Crippen LogP contribution in [-0.2, 0) is 14.3 Å². The number of likely N-dealkylation sites (tertiary alicyclic amines) is 1. The average molecular weight is 284 g/mol. The lowest BCUT2D eigenvalue weighted by molar-refractivity contribution is -0.148. The maximum Gasteiger partial charge on any atom is 0.303 e. The minimum absolute atomic E-state index is 0.00814. The number of hydrogen-bond acceptors (Lipinski definition) is 4. The molecule has 0 bridgehead atoms. The molecule has 2 aliphatic heterocycles. The number of hydrogen-bond donors (Lipinski definition) is 2. The quantitative estimate of drug-likeness (QED) is 0.776. The van der Waals surface area contributed by atoms with E-state index < -0.39 is 5.97 Å². The fourth-order valence-corrected chi connectivity index (χ4v) is 3.13. The van der Waals surface area contributed by atoms with Crippen LogP contribution in [0.15, 0.2) is 0 Å². The number of piperidine rings is 1. The second kappa shape index (κ2) is 7.04. The van der Waals surface area contributed by atoms with Crippen molar-refractivity contribution in [3.63, 3.8) is 0 Å². The van der Waals surface area contributed by atoms with Crippen LogP contribution in [0.3, 0.4) is 0 Å². The molecule has 2 heterocycles. The van der Waals surface area contributed by atoms with Crippen LogP contribution >= 0.6 is 0 Å². The highest BCUT2D eigenvalue weighted by molar-refractivity contribution is 5.81. The van der Waals surface area contributed by atoms with Gasteiger partial charge in [-0.1, -0.05) is 0 Å². The number of amides is 1. The van der Waals surface area contributed by atoms with Gasteiger partial charge in [0.05, 0.1) is 6.10 Å². The molecule has 0 aromatic rings. The predicted octanol–water partition coefficient (Wildman–Crippen LogP) is 0.739. The van der Waals surface area contributed by atoms with Crippen LogP contribution in [-0.4, -0.2) is 53.2 Å². The zero-order valence-corrected chi connectivity index (χ0v) is 11.8. The number of ether oxygens (including phenoxy) is 1. The molecule has 0 aromatic heterocycles. The van der Waals surface area contributed by atoms with Crippen molar-refractivity contribution in [3.05, 3.63) is 0 Å². The Labute approximate surface area is 119 Å². The van der Waals surface area contributed by atoms with Crippen molar-refractivity contribution in [1.82, 2.24) is 4.90 Å². The van der Waals surface area contributed by atoms with Crippen molar-refractivity contribution >= 4 is 11.9 Å². The van der Waals surface area contributed by atoms with Crippen molar-refractivity contribution < 1.29 is 19.4 Å². The first-order chi connectivity index (χ1) is 9.61. The SMILES string of the molecule is NCC1CCC(C(=O)N2CCCCC2CCC(=O)O)O1. The number of carboxylic acid groups (broad SMARTS) is 1. The molecular formula is C14H24N2O4. The molecule has 2 rings (SSSR count). The number of aliphatic carboxylic acids is 1. The summed E-state index contributed by atoms with van der Waals surface area (Å²) in [4.78, 5) is 25.1. The van der Waals surface area contributed by atoms with Gasteiger partial charge in [0, 0.05) is 25.6 Å². The summed E-state index contributed by atoms with van der Waals surface area (Å²) in [5.74, 6) is -0.778. The zero-order valence-electron chi connectivity index (χ0n) is 11.8. The Hall–Kier alpha value is -1.14. The van der Waals surface area contributed by atoms with Gasteiger partial charge in [0.1, 0.15) is 6.10 Å². The van der Waals surface area contributed by atoms with Gasteiger partial charge in [0.2, 0.25) is 0 Å². The molecule has 2 aliphatic rings. The van der Waals surface area contributed by atoms with E-state index in [-0.39, 0.29) is 30.6 Å². The van der Waals surface area contributed by atoms with Crippen molar-refractivity contribution in [1.29, 1.82) is 0 Å². The molecular weight excluding hydrogens is 260 g/mol. The van der Waals surface area contributed by atoms with Gasteiger partial charge in [-0.05, 0) is 38.5 Å². The van der Waals surface area contributed by atoms with Gasteiger partial charge < -0.3 is 20.5 Å². The summed E-state index contributed by atoms with van der Waals surface area (Å²) in [7, 11) is 0. The first kappa shape index (κ1) is 15.3. The van der Waals surface area contributed by atoms with E-state index in [4.69, 9.17) is 15.6 Å². The van der Waals surface area contributed by atoms with E-state index in [9.17, 15) is 9.59 Å². The molecule has 114 valence electrons. The van der Waals surface area contributed by atoms with Crippen molar-refractivity contribution in [2.75, 3.05) is 13.1 Å². The average Bonchev–Trinajstić information content (AvgIpc) is 2.93. The Bertz CT molecular complexity index is 361. The number of nitrogens with two attached hydrogens (primary N) is 1. The van der Waals surface area contributed by atoms with Gasteiger partial charge >= 0.3 is 5.97 Å². The van der Waals surface area contributed by atoms with Crippen LogP contribution in [0.25, 0.3) is 0 Å². The van der Waals surface area contributed by atoms with Gasteiger partial charge in [0.15, 0.2) is 0 Å². The zero-order chi connectivity index (χ0) is 14.5. The molecule has 2 saturated heterocycles. The lowest BCUT2D eigenvalue weighted by Gasteiger charge is -2.37. The molecule has 0 saturated carbocycles. The Kier molecular flexibility index (Phi) is 5.37. The summed E-state index contributed by atoms with van der Waals surface area (Å²) in [6, 6.07) is 0.0490. The fraction of sp³-hybridized carbons (Fsp3) is 0.857. The Morgan fingerprint density at radius 1 is 1.25 bits per heavy atom. The molecule has 0 aliphatic carbocycles. The second-order valence-corrected chi connectivity index (χ2v) is 5.67. The van der Waals surface area contributed by atoms with Crippen molar-refractivity contribution in [2.24, 2.45) is 5.73 Å². The van der Waals surface area contributed by atoms with Crippen LogP contribution in [0, 0.1) is 0 Å². The van der Waals surface area contributed by atoms with Crippen LogP contribution in [0.1, 0.15) is 44.9 Å². The van der Waals surface area contributed by atoms with Gasteiger partial charge in [-0.15, -0.1) is 0 Å². The molecule has 6 nitrogen and oxygen atoms in total. The molecule has 3 unspecified atom stereocenters. The number of carbonyl (C=O) groups excluding carboxylic acids is 1. The van der Waals surface area contributed by atoms with E-state index in [0.717, 1.165) is 38.6 Å². The largest absolute Gasteiger partial charge is 0.481 e. The van der Waals surface area contributed by atoms with Crippen LogP contribution < -0.4 is 5.73 Å². The van der Waals surface area contributed by atoms with Crippen LogP contribution in [0.2, 0.25) is 0 Å². The lowest BCUT2D eigenvalue weighted by atomic mass is 9.97. The summed E-state index contributed by atoms with van der Waals surface area (Å²) in [5.41, 5.74) is 5.57. The molecule has 0 aromatic carbocycles. The molecule has 0 spiro atoms. The normalized spacial score (nSPS) is 30.4. The number of carbonyl (C=O) groups is 2. The molecule has 3 atom stereocenters. The highest BCUT2D eigenvalue weighted by Crippen LogP contribution is 2.26. The first-order valence-corrected chi connectivity index (χ1v) is 7.49. The lowest BCUT2D eigenvalue weighted by Crippen LogP contribution is -2.48. The minimum Gasteiger partial charge on any atom is -0.481 e. The maximum atomic E-state index is 12.5. The molecule has 2 fully saturated rings. The molecule has 1 amide bonds. The van der Waals surface area contributed by atoms with Gasteiger partial charge in [-0.25, -0.2) is 0 Å². The highest BCUT2D eigenvalue weighted by atomic mass is 16.5. The highest BCUT2D eigenvalue weighted by Gasteiger charge is 2.36. The van der Waals surface area contributed by atoms with Crippen molar-refractivity contribution in [3.8, 4) is 0 Å². The summed E-state index contributed by atoms with van der Waals surface area (Å²) in [6.07, 6.45) is 4.77. The van der Waals surface area contributed by atoms with Gasteiger partial charge in [0.25, 0.3) is 5.91 Å². The molecule has 3 N–H and O–H groups in total. The second-order valence-electron chi connectivity index (χ2n) is 5.67. The summed E-state index contributed by atoms with van der Waals surface area (Å²) in [6.45, 7) is 1.17. The maximum absolute atomic E-state index is 12.5. The predicted molar refractivity (Wildman–Crippen MR) is 73.2 cm³/mol. The fourth-order valence-electron chi connectivity index (χ4n) is 3.13. The third kappa shape index (κ3) is 3.70. The monoisotopic (exact) mass is 284 g/mol. The van der Waals surface area contributed by atoms with Gasteiger partial charge in [-0.3, -0.25) is 9.59 Å². The molecule has 20 heavy (non-hydrogen) atoms.